The summed E-state index contributed by atoms with van der Waals surface area (Å²) in [6, 6.07) is 4.82. The fourth-order valence-electron chi connectivity index (χ4n) is 2.27. The molecule has 1 aliphatic carbocycles. The topological polar surface area (TPSA) is 66.4 Å². The Balaban J connectivity index is 1.79. The number of hydrogen-bond acceptors (Lipinski definition) is 2. The number of halogens is 2. The molecule has 2 atom stereocenters. The van der Waals surface area contributed by atoms with Crippen molar-refractivity contribution in [2.24, 2.45) is 11.8 Å². The Morgan fingerprint density at radius 2 is 2.05 bits per heavy atom. The van der Waals surface area contributed by atoms with Crippen LogP contribution in [-0.4, -0.2) is 23.5 Å². The minimum absolute atomic E-state index is 0.221. The van der Waals surface area contributed by atoms with E-state index in [2.05, 4.69) is 21.2 Å². The van der Waals surface area contributed by atoms with Crippen molar-refractivity contribution in [3.8, 4) is 0 Å². The molecule has 4 nitrogen and oxygen atoms in total. The van der Waals surface area contributed by atoms with Gasteiger partial charge in [0.2, 0.25) is 5.91 Å². The van der Waals surface area contributed by atoms with Crippen LogP contribution in [0.1, 0.15) is 18.4 Å². The summed E-state index contributed by atoms with van der Waals surface area (Å²) in [6.07, 6.45) is 1.70. The Morgan fingerprint density at radius 3 is 2.60 bits per heavy atom. The zero-order chi connectivity index (χ0) is 14.7. The highest BCUT2D eigenvalue weighted by Crippen LogP contribution is 2.34. The quantitative estimate of drug-likeness (QED) is 0.862. The summed E-state index contributed by atoms with van der Waals surface area (Å²) in [5.74, 6) is -2.44. The maximum Gasteiger partial charge on any atom is 0.307 e. The van der Waals surface area contributed by atoms with E-state index in [4.69, 9.17) is 5.11 Å². The first-order valence-electron chi connectivity index (χ1n) is 6.43. The molecular formula is C14H15BrFNO3. The van der Waals surface area contributed by atoms with Crippen LogP contribution in [0.3, 0.4) is 0 Å². The molecule has 0 unspecified atom stereocenters. The highest BCUT2D eigenvalue weighted by atomic mass is 79.9. The molecular weight excluding hydrogens is 329 g/mol. The van der Waals surface area contributed by atoms with Crippen LogP contribution in [0.25, 0.3) is 0 Å². The molecule has 1 aliphatic rings. The normalized spacial score (nSPS) is 21.1. The first kappa shape index (κ1) is 15.0. The van der Waals surface area contributed by atoms with Gasteiger partial charge in [0.05, 0.1) is 16.3 Å². The maximum atomic E-state index is 13.3. The molecule has 0 bridgehead atoms. The van der Waals surface area contributed by atoms with Crippen molar-refractivity contribution < 1.29 is 19.1 Å². The molecule has 108 valence electrons. The number of aliphatic carboxylic acids is 1. The van der Waals surface area contributed by atoms with E-state index in [1.165, 1.54) is 6.07 Å². The molecule has 20 heavy (non-hydrogen) atoms. The summed E-state index contributed by atoms with van der Waals surface area (Å²) in [4.78, 5) is 22.6. The molecule has 0 spiro atoms. The number of carboxylic acids is 1. The minimum Gasteiger partial charge on any atom is -0.481 e. The van der Waals surface area contributed by atoms with E-state index in [-0.39, 0.29) is 11.7 Å². The number of carboxylic acid groups (broad SMARTS) is 1. The number of benzene rings is 1. The van der Waals surface area contributed by atoms with Crippen LogP contribution in [0.2, 0.25) is 0 Å². The van der Waals surface area contributed by atoms with E-state index in [9.17, 15) is 14.0 Å². The van der Waals surface area contributed by atoms with E-state index < -0.39 is 17.8 Å². The highest BCUT2D eigenvalue weighted by molar-refractivity contribution is 9.10. The van der Waals surface area contributed by atoms with E-state index in [0.29, 0.717) is 30.3 Å². The fraction of sp³-hybridized carbons (Fsp3) is 0.429. The summed E-state index contributed by atoms with van der Waals surface area (Å²) in [5.41, 5.74) is 0.786. The smallest absolute Gasteiger partial charge is 0.307 e. The molecule has 1 saturated carbocycles. The van der Waals surface area contributed by atoms with Crippen molar-refractivity contribution in [1.29, 1.82) is 0 Å². The number of nitrogens with one attached hydrogen (secondary N) is 1. The molecule has 2 rings (SSSR count). The number of amides is 1. The van der Waals surface area contributed by atoms with Gasteiger partial charge >= 0.3 is 5.97 Å². The second-order valence-corrected chi connectivity index (χ2v) is 5.77. The lowest BCUT2D eigenvalue weighted by molar-refractivity contribution is -0.152. The summed E-state index contributed by atoms with van der Waals surface area (Å²) in [5, 5.41) is 11.6. The van der Waals surface area contributed by atoms with Crippen molar-refractivity contribution in [2.75, 3.05) is 6.54 Å². The summed E-state index contributed by atoms with van der Waals surface area (Å²) < 4.78 is 13.7. The van der Waals surface area contributed by atoms with Gasteiger partial charge in [0.25, 0.3) is 0 Å². The molecule has 2 N–H and O–H groups in total. The van der Waals surface area contributed by atoms with Gasteiger partial charge in [-0.3, -0.25) is 9.59 Å². The molecule has 1 aromatic rings. The van der Waals surface area contributed by atoms with E-state index >= 15 is 0 Å². The molecule has 1 fully saturated rings. The molecule has 0 aliphatic heterocycles. The van der Waals surface area contributed by atoms with Gasteiger partial charge in [-0.2, -0.15) is 0 Å². The monoisotopic (exact) mass is 343 g/mol. The van der Waals surface area contributed by atoms with E-state index in [1.54, 1.807) is 12.1 Å². The van der Waals surface area contributed by atoms with Gasteiger partial charge in [-0.1, -0.05) is 6.07 Å². The maximum absolute atomic E-state index is 13.3. The number of hydrogen-bond donors (Lipinski definition) is 2. The first-order valence-corrected chi connectivity index (χ1v) is 7.23. The largest absolute Gasteiger partial charge is 0.481 e. The van der Waals surface area contributed by atoms with Gasteiger partial charge < -0.3 is 10.4 Å². The molecule has 0 aromatic heterocycles. The average Bonchev–Trinajstić information content (AvgIpc) is 2.31. The average molecular weight is 344 g/mol. The standard InChI is InChI=1S/C14H15BrFNO3/c15-11-4-1-8(7-12(11)16)5-6-17-13(18)9-2-3-10(9)14(19)20/h1,4,7,9-10H,2-3,5-6H2,(H,17,18)(H,19,20)/t9-,10+/m0/s1. The van der Waals surface area contributed by atoms with Crippen LogP contribution >= 0.6 is 15.9 Å². The lowest BCUT2D eigenvalue weighted by atomic mass is 9.73. The van der Waals surface area contributed by atoms with E-state index in [1.807, 2.05) is 0 Å². The van der Waals surface area contributed by atoms with Crippen molar-refractivity contribution in [3.63, 3.8) is 0 Å². The SMILES string of the molecule is O=C(NCCc1ccc(Br)c(F)c1)[C@H]1CC[C@H]1C(=O)O. The van der Waals surface area contributed by atoms with Crippen LogP contribution in [0.4, 0.5) is 4.39 Å². The van der Waals surface area contributed by atoms with Gasteiger partial charge in [0, 0.05) is 6.54 Å². The van der Waals surface area contributed by atoms with E-state index in [0.717, 1.165) is 5.56 Å². The van der Waals surface area contributed by atoms with Gasteiger partial charge in [-0.25, -0.2) is 4.39 Å². The zero-order valence-electron chi connectivity index (χ0n) is 10.7. The summed E-state index contributed by atoms with van der Waals surface area (Å²) >= 11 is 3.08. The summed E-state index contributed by atoms with van der Waals surface area (Å²) in [6.45, 7) is 0.378. The van der Waals surface area contributed by atoms with Crippen LogP contribution in [0, 0.1) is 17.7 Å². The molecule has 6 heteroatoms. The van der Waals surface area contributed by atoms with Crippen LogP contribution in [0.5, 0.6) is 0 Å². The van der Waals surface area contributed by atoms with Gasteiger partial charge in [0.15, 0.2) is 0 Å². The lowest BCUT2D eigenvalue weighted by Crippen LogP contribution is -2.44. The summed E-state index contributed by atoms with van der Waals surface area (Å²) in [7, 11) is 0. The number of rotatable bonds is 5. The number of carbonyl (C=O) groups is 2. The van der Waals surface area contributed by atoms with Crippen molar-refractivity contribution in [2.45, 2.75) is 19.3 Å². The third kappa shape index (κ3) is 3.36. The molecule has 1 aromatic carbocycles. The van der Waals surface area contributed by atoms with Crippen LogP contribution in [-0.2, 0) is 16.0 Å². The predicted molar refractivity (Wildman–Crippen MR) is 74.7 cm³/mol. The van der Waals surface area contributed by atoms with Crippen LogP contribution in [0.15, 0.2) is 22.7 Å². The zero-order valence-corrected chi connectivity index (χ0v) is 12.3. The molecule has 0 heterocycles. The Bertz CT molecular complexity index is 535. The second-order valence-electron chi connectivity index (χ2n) is 4.92. The molecule has 1 amide bonds. The van der Waals surface area contributed by atoms with Crippen molar-refractivity contribution >= 4 is 27.8 Å². The molecule has 0 saturated heterocycles. The Morgan fingerprint density at radius 1 is 1.35 bits per heavy atom. The minimum atomic E-state index is -0.911. The second kappa shape index (κ2) is 6.35. The molecule has 0 radical (unpaired) electrons. The predicted octanol–water partition coefficient (Wildman–Crippen LogP) is 2.36. The van der Waals surface area contributed by atoms with Crippen molar-refractivity contribution in [3.05, 3.63) is 34.1 Å². The van der Waals surface area contributed by atoms with Crippen molar-refractivity contribution in [1.82, 2.24) is 5.32 Å². The van der Waals surface area contributed by atoms with Gasteiger partial charge in [-0.05, 0) is 52.9 Å². The third-order valence-electron chi connectivity index (χ3n) is 3.63. The van der Waals surface area contributed by atoms with Crippen LogP contribution < -0.4 is 5.32 Å². The van der Waals surface area contributed by atoms with Gasteiger partial charge in [-0.15, -0.1) is 0 Å². The lowest BCUT2D eigenvalue weighted by Gasteiger charge is -2.31. The first-order chi connectivity index (χ1) is 9.49. The Kier molecular flexibility index (Phi) is 4.75. The van der Waals surface area contributed by atoms with Gasteiger partial charge in [0.1, 0.15) is 5.82 Å². The Labute approximate surface area is 124 Å². The Hall–Kier alpha value is -1.43. The number of carbonyl (C=O) groups excluding carboxylic acids is 1. The third-order valence-corrected chi connectivity index (χ3v) is 4.27. The fourth-order valence-corrected chi connectivity index (χ4v) is 2.51. The highest BCUT2D eigenvalue weighted by Gasteiger charge is 2.41.